The summed E-state index contributed by atoms with van der Waals surface area (Å²) in [5, 5.41) is 0.246. The van der Waals surface area contributed by atoms with Gasteiger partial charge in [-0.1, -0.05) is 13.0 Å². The summed E-state index contributed by atoms with van der Waals surface area (Å²) < 4.78 is 4.73. The molecule has 0 saturated carbocycles. The molecular weight excluding hydrogens is 258 g/mol. The lowest BCUT2D eigenvalue weighted by Gasteiger charge is -2.24. The van der Waals surface area contributed by atoms with E-state index in [1.54, 1.807) is 18.7 Å². The first kappa shape index (κ1) is 16.1. The van der Waals surface area contributed by atoms with Gasteiger partial charge in [0.1, 0.15) is 5.54 Å². The van der Waals surface area contributed by atoms with Crippen LogP contribution in [-0.4, -0.2) is 23.9 Å². The molecular formula is C15H23NO2S. The SMILES string of the molecule is COC(=O)C(C)(N)CC(C)Sc1ccc(C)c(C)c1. The summed E-state index contributed by atoms with van der Waals surface area (Å²) >= 11 is 1.73. The molecule has 1 rings (SSSR count). The number of ether oxygens (including phenoxy) is 1. The first-order chi connectivity index (χ1) is 8.76. The largest absolute Gasteiger partial charge is 0.468 e. The zero-order valence-corrected chi connectivity index (χ0v) is 13.1. The molecule has 2 atom stereocenters. The van der Waals surface area contributed by atoms with E-state index in [1.165, 1.54) is 23.1 Å². The van der Waals surface area contributed by atoms with Gasteiger partial charge in [-0.2, -0.15) is 0 Å². The fourth-order valence-electron chi connectivity index (χ4n) is 1.97. The third-order valence-corrected chi connectivity index (χ3v) is 4.27. The molecule has 4 heteroatoms. The molecule has 1 aromatic rings. The first-order valence-electron chi connectivity index (χ1n) is 6.37. The maximum absolute atomic E-state index is 11.6. The molecule has 0 aliphatic heterocycles. The molecule has 0 fully saturated rings. The van der Waals surface area contributed by atoms with Crippen molar-refractivity contribution in [2.45, 2.75) is 49.8 Å². The monoisotopic (exact) mass is 281 g/mol. The van der Waals surface area contributed by atoms with Crippen molar-refractivity contribution in [3.8, 4) is 0 Å². The van der Waals surface area contributed by atoms with E-state index in [1.807, 2.05) is 0 Å². The number of aryl methyl sites for hydroxylation is 2. The van der Waals surface area contributed by atoms with Crippen molar-refractivity contribution in [1.29, 1.82) is 0 Å². The van der Waals surface area contributed by atoms with Crippen LogP contribution in [0.4, 0.5) is 0 Å². The Hall–Kier alpha value is -1.00. The Morgan fingerprint density at radius 1 is 1.42 bits per heavy atom. The van der Waals surface area contributed by atoms with Gasteiger partial charge in [0.15, 0.2) is 0 Å². The van der Waals surface area contributed by atoms with Crippen LogP contribution >= 0.6 is 11.8 Å². The summed E-state index contributed by atoms with van der Waals surface area (Å²) in [5.74, 6) is -0.361. The number of rotatable bonds is 5. The molecule has 0 amide bonds. The molecule has 3 nitrogen and oxygen atoms in total. The highest BCUT2D eigenvalue weighted by Gasteiger charge is 2.31. The van der Waals surface area contributed by atoms with Crippen molar-refractivity contribution in [1.82, 2.24) is 0 Å². The number of esters is 1. The molecule has 1 aromatic carbocycles. The van der Waals surface area contributed by atoms with Gasteiger partial charge in [-0.05, 0) is 50.5 Å². The third kappa shape index (κ3) is 4.55. The number of hydrogen-bond acceptors (Lipinski definition) is 4. The Bertz CT molecular complexity index is 457. The minimum absolute atomic E-state index is 0.246. The summed E-state index contributed by atoms with van der Waals surface area (Å²) in [6, 6.07) is 6.39. The van der Waals surface area contributed by atoms with Crippen LogP contribution in [0.5, 0.6) is 0 Å². The molecule has 19 heavy (non-hydrogen) atoms. The van der Waals surface area contributed by atoms with E-state index in [9.17, 15) is 4.79 Å². The Labute approximate surface area is 119 Å². The van der Waals surface area contributed by atoms with E-state index in [0.717, 1.165) is 0 Å². The average molecular weight is 281 g/mol. The molecule has 0 aromatic heterocycles. The maximum atomic E-state index is 11.6. The van der Waals surface area contributed by atoms with Crippen molar-refractivity contribution in [3.63, 3.8) is 0 Å². The summed E-state index contributed by atoms with van der Waals surface area (Å²) in [7, 11) is 1.37. The third-order valence-electron chi connectivity index (χ3n) is 3.18. The van der Waals surface area contributed by atoms with Crippen LogP contribution in [0.25, 0.3) is 0 Å². The number of carbonyl (C=O) groups excluding carboxylic acids is 1. The van der Waals surface area contributed by atoms with E-state index < -0.39 is 5.54 Å². The average Bonchev–Trinajstić information content (AvgIpc) is 2.32. The molecule has 106 valence electrons. The molecule has 2 unspecified atom stereocenters. The van der Waals surface area contributed by atoms with Gasteiger partial charge >= 0.3 is 5.97 Å². The van der Waals surface area contributed by atoms with E-state index in [0.29, 0.717) is 6.42 Å². The van der Waals surface area contributed by atoms with Crippen LogP contribution < -0.4 is 5.73 Å². The molecule has 2 N–H and O–H groups in total. The van der Waals surface area contributed by atoms with E-state index in [-0.39, 0.29) is 11.2 Å². The van der Waals surface area contributed by atoms with Crippen molar-refractivity contribution in [3.05, 3.63) is 29.3 Å². The molecule has 0 aliphatic carbocycles. The summed E-state index contributed by atoms with van der Waals surface area (Å²) in [6.07, 6.45) is 0.581. The van der Waals surface area contributed by atoms with Crippen LogP contribution in [-0.2, 0) is 9.53 Å². The van der Waals surface area contributed by atoms with Crippen molar-refractivity contribution < 1.29 is 9.53 Å². The molecule has 0 radical (unpaired) electrons. The quantitative estimate of drug-likeness (QED) is 0.665. The number of methoxy groups -OCH3 is 1. The van der Waals surface area contributed by atoms with Gasteiger partial charge in [-0.3, -0.25) is 4.79 Å². The normalized spacial score (nSPS) is 15.7. The van der Waals surface area contributed by atoms with Crippen LogP contribution in [0.3, 0.4) is 0 Å². The Morgan fingerprint density at radius 2 is 2.05 bits per heavy atom. The lowest BCUT2D eigenvalue weighted by molar-refractivity contribution is -0.146. The standard InChI is InChI=1S/C15H23NO2S/c1-10-6-7-13(8-11(10)2)19-12(3)9-15(4,16)14(17)18-5/h6-8,12H,9,16H2,1-5H3. The van der Waals surface area contributed by atoms with Gasteiger partial charge in [-0.25, -0.2) is 0 Å². The Balaban J connectivity index is 2.67. The fourth-order valence-corrected chi connectivity index (χ4v) is 3.26. The van der Waals surface area contributed by atoms with Gasteiger partial charge in [0.05, 0.1) is 7.11 Å². The van der Waals surface area contributed by atoms with Crippen molar-refractivity contribution >= 4 is 17.7 Å². The molecule has 0 saturated heterocycles. The van der Waals surface area contributed by atoms with Gasteiger partial charge in [0, 0.05) is 10.1 Å². The predicted molar refractivity (Wildman–Crippen MR) is 80.5 cm³/mol. The van der Waals surface area contributed by atoms with Crippen LogP contribution in [0.2, 0.25) is 0 Å². The Morgan fingerprint density at radius 3 is 2.58 bits per heavy atom. The summed E-state index contributed by atoms with van der Waals surface area (Å²) in [5.41, 5.74) is 7.63. The van der Waals surface area contributed by atoms with Gasteiger partial charge in [-0.15, -0.1) is 11.8 Å². The Kier molecular flexibility index (Phi) is 5.44. The topological polar surface area (TPSA) is 52.3 Å². The van der Waals surface area contributed by atoms with Crippen LogP contribution in [0, 0.1) is 13.8 Å². The minimum atomic E-state index is -0.930. The van der Waals surface area contributed by atoms with Crippen LogP contribution in [0.1, 0.15) is 31.4 Å². The molecule has 0 aliphatic rings. The number of nitrogens with two attached hydrogens (primary N) is 1. The van der Waals surface area contributed by atoms with E-state index in [4.69, 9.17) is 10.5 Å². The van der Waals surface area contributed by atoms with E-state index >= 15 is 0 Å². The van der Waals surface area contributed by atoms with Crippen LogP contribution in [0.15, 0.2) is 23.1 Å². The number of thioether (sulfide) groups is 1. The highest BCUT2D eigenvalue weighted by Crippen LogP contribution is 2.29. The van der Waals surface area contributed by atoms with Gasteiger partial charge in [0.25, 0.3) is 0 Å². The summed E-state index contributed by atoms with van der Waals surface area (Å²) in [6.45, 7) is 8.00. The second kappa shape index (κ2) is 6.44. The second-order valence-electron chi connectivity index (χ2n) is 5.29. The van der Waals surface area contributed by atoms with E-state index in [2.05, 4.69) is 39.0 Å². The molecule has 0 bridgehead atoms. The second-order valence-corrected chi connectivity index (χ2v) is 6.80. The predicted octanol–water partition coefficient (Wildman–Crippen LogP) is 3.06. The zero-order valence-electron chi connectivity index (χ0n) is 12.3. The first-order valence-corrected chi connectivity index (χ1v) is 7.25. The minimum Gasteiger partial charge on any atom is -0.468 e. The summed E-state index contributed by atoms with van der Waals surface area (Å²) in [4.78, 5) is 12.8. The number of hydrogen-bond donors (Lipinski definition) is 1. The lowest BCUT2D eigenvalue weighted by atomic mass is 9.98. The molecule has 0 heterocycles. The number of carbonyl (C=O) groups is 1. The smallest absolute Gasteiger partial charge is 0.325 e. The maximum Gasteiger partial charge on any atom is 0.325 e. The zero-order chi connectivity index (χ0) is 14.6. The molecule has 0 spiro atoms. The highest BCUT2D eigenvalue weighted by molar-refractivity contribution is 7.99. The number of benzene rings is 1. The van der Waals surface area contributed by atoms with Gasteiger partial charge < -0.3 is 10.5 Å². The van der Waals surface area contributed by atoms with Crippen molar-refractivity contribution in [2.24, 2.45) is 5.73 Å². The lowest BCUT2D eigenvalue weighted by Crippen LogP contribution is -2.47. The fraction of sp³-hybridized carbons (Fsp3) is 0.533. The van der Waals surface area contributed by atoms with Gasteiger partial charge in [0.2, 0.25) is 0 Å². The van der Waals surface area contributed by atoms with Crippen molar-refractivity contribution in [2.75, 3.05) is 7.11 Å². The highest BCUT2D eigenvalue weighted by atomic mass is 32.2.